The minimum atomic E-state index is -0.496. The molecule has 0 aliphatic carbocycles. The Morgan fingerprint density at radius 3 is 1.42 bits per heavy atom. The fraction of sp³-hybridized carbons (Fsp3) is 0.250. The first-order valence-electron chi connectivity index (χ1n) is 6.55. The van der Waals surface area contributed by atoms with E-state index in [9.17, 15) is 10.2 Å². The highest BCUT2D eigenvalue weighted by atomic mass is 16.3. The number of benzene rings is 2. The van der Waals surface area contributed by atoms with Gasteiger partial charge in [0.1, 0.15) is 25.3 Å². The summed E-state index contributed by atoms with van der Waals surface area (Å²) in [5.74, 6) is 0. The maximum Gasteiger partial charge on any atom is 0.128 e. The Hall–Kier alpha value is -1.68. The predicted molar refractivity (Wildman–Crippen MR) is 74.5 cm³/mol. The Balaban J connectivity index is 1.78. The lowest BCUT2D eigenvalue weighted by Crippen LogP contribution is -2.86. The Labute approximate surface area is 113 Å². The summed E-state index contributed by atoms with van der Waals surface area (Å²) in [4.78, 5) is 0. The molecule has 0 heterocycles. The fourth-order valence-electron chi connectivity index (χ4n) is 2.03. The smallest absolute Gasteiger partial charge is 0.128 e. The molecular formula is C16H20NO2+. The number of quaternary nitrogens is 1. The van der Waals surface area contributed by atoms with Gasteiger partial charge in [0.2, 0.25) is 0 Å². The van der Waals surface area contributed by atoms with Gasteiger partial charge in [-0.3, -0.25) is 0 Å². The van der Waals surface area contributed by atoms with Crippen LogP contribution in [0, 0.1) is 0 Å². The van der Waals surface area contributed by atoms with Crippen molar-refractivity contribution in [1.29, 1.82) is 0 Å². The van der Waals surface area contributed by atoms with E-state index >= 15 is 0 Å². The molecule has 0 aliphatic rings. The molecular weight excluding hydrogens is 238 g/mol. The lowest BCUT2D eigenvalue weighted by atomic mass is 10.1. The van der Waals surface area contributed by atoms with E-state index in [1.807, 2.05) is 66.0 Å². The number of hydrogen-bond donors (Lipinski definition) is 3. The van der Waals surface area contributed by atoms with Gasteiger partial charge in [0.05, 0.1) is 0 Å². The van der Waals surface area contributed by atoms with E-state index in [1.54, 1.807) is 0 Å². The van der Waals surface area contributed by atoms with E-state index in [0.717, 1.165) is 11.1 Å². The molecule has 0 radical (unpaired) electrons. The first-order chi connectivity index (χ1) is 9.27. The standard InChI is InChI=1S/C16H19NO2/c18-15(13-7-3-1-4-8-13)11-17-12-16(19)14-9-5-2-6-10-14/h1-10,15-19H,11-12H2/p+1/t15-,16-/m0/s1. The molecule has 0 unspecified atom stereocenters. The van der Waals surface area contributed by atoms with E-state index in [0.29, 0.717) is 13.1 Å². The van der Waals surface area contributed by atoms with Gasteiger partial charge in [-0.15, -0.1) is 0 Å². The zero-order valence-electron chi connectivity index (χ0n) is 10.8. The van der Waals surface area contributed by atoms with Crippen LogP contribution in [0.25, 0.3) is 0 Å². The van der Waals surface area contributed by atoms with Crippen molar-refractivity contribution in [2.45, 2.75) is 12.2 Å². The van der Waals surface area contributed by atoms with Crippen LogP contribution < -0.4 is 5.32 Å². The molecule has 0 amide bonds. The maximum absolute atomic E-state index is 9.99. The quantitative estimate of drug-likeness (QED) is 0.724. The summed E-state index contributed by atoms with van der Waals surface area (Å²) in [6.45, 7) is 1.10. The molecule has 3 heteroatoms. The Bertz CT molecular complexity index is 427. The van der Waals surface area contributed by atoms with Crippen molar-refractivity contribution < 1.29 is 15.5 Å². The SMILES string of the molecule is O[C@@H](C[NH2+]C[C@H](O)c1ccccc1)c1ccccc1. The summed E-state index contributed by atoms with van der Waals surface area (Å²) in [5.41, 5.74) is 1.82. The molecule has 100 valence electrons. The summed E-state index contributed by atoms with van der Waals surface area (Å²) in [6.07, 6.45) is -0.992. The average Bonchev–Trinajstić information content (AvgIpc) is 2.49. The van der Waals surface area contributed by atoms with Crippen LogP contribution in [-0.4, -0.2) is 23.3 Å². The highest BCUT2D eigenvalue weighted by Crippen LogP contribution is 2.10. The highest BCUT2D eigenvalue weighted by molar-refractivity contribution is 5.18. The van der Waals surface area contributed by atoms with Crippen LogP contribution in [0.1, 0.15) is 23.3 Å². The normalized spacial score (nSPS) is 14.0. The van der Waals surface area contributed by atoms with E-state index in [1.165, 1.54) is 0 Å². The third-order valence-corrected chi connectivity index (χ3v) is 3.15. The minimum absolute atomic E-state index is 0.496. The lowest BCUT2D eigenvalue weighted by molar-refractivity contribution is -0.668. The Morgan fingerprint density at radius 1 is 0.684 bits per heavy atom. The topological polar surface area (TPSA) is 57.1 Å². The second-order valence-corrected chi connectivity index (χ2v) is 4.61. The molecule has 0 bridgehead atoms. The molecule has 2 atom stereocenters. The van der Waals surface area contributed by atoms with Gasteiger partial charge in [0.25, 0.3) is 0 Å². The molecule has 0 saturated carbocycles. The van der Waals surface area contributed by atoms with Crippen LogP contribution in [0.3, 0.4) is 0 Å². The molecule has 0 saturated heterocycles. The van der Waals surface area contributed by atoms with Crippen LogP contribution in [0.15, 0.2) is 60.7 Å². The van der Waals surface area contributed by atoms with Crippen LogP contribution in [0.2, 0.25) is 0 Å². The molecule has 3 nitrogen and oxygen atoms in total. The summed E-state index contributed by atoms with van der Waals surface area (Å²) in [6, 6.07) is 19.2. The molecule has 2 aromatic rings. The molecule has 0 spiro atoms. The molecule has 0 aromatic heterocycles. The van der Waals surface area contributed by atoms with E-state index in [4.69, 9.17) is 0 Å². The summed E-state index contributed by atoms with van der Waals surface area (Å²) in [7, 11) is 0. The number of hydrogen-bond acceptors (Lipinski definition) is 2. The van der Waals surface area contributed by atoms with Crippen molar-refractivity contribution in [1.82, 2.24) is 0 Å². The third-order valence-electron chi connectivity index (χ3n) is 3.15. The van der Waals surface area contributed by atoms with Gasteiger partial charge >= 0.3 is 0 Å². The molecule has 2 aromatic carbocycles. The van der Waals surface area contributed by atoms with Gasteiger partial charge in [-0.1, -0.05) is 60.7 Å². The van der Waals surface area contributed by atoms with Crippen molar-refractivity contribution in [2.24, 2.45) is 0 Å². The van der Waals surface area contributed by atoms with Gasteiger partial charge in [-0.05, 0) is 11.1 Å². The summed E-state index contributed by atoms with van der Waals surface area (Å²) < 4.78 is 0. The van der Waals surface area contributed by atoms with Crippen molar-refractivity contribution >= 4 is 0 Å². The van der Waals surface area contributed by atoms with Crippen LogP contribution in [0.4, 0.5) is 0 Å². The second-order valence-electron chi connectivity index (χ2n) is 4.61. The lowest BCUT2D eigenvalue weighted by Gasteiger charge is -2.13. The zero-order valence-corrected chi connectivity index (χ0v) is 10.8. The number of aliphatic hydroxyl groups excluding tert-OH is 2. The zero-order chi connectivity index (χ0) is 13.5. The van der Waals surface area contributed by atoms with E-state index in [-0.39, 0.29) is 0 Å². The Kier molecular flexibility index (Phi) is 5.10. The van der Waals surface area contributed by atoms with Gasteiger partial charge in [-0.2, -0.15) is 0 Å². The van der Waals surface area contributed by atoms with Crippen LogP contribution in [0.5, 0.6) is 0 Å². The van der Waals surface area contributed by atoms with E-state index < -0.39 is 12.2 Å². The van der Waals surface area contributed by atoms with Gasteiger partial charge < -0.3 is 15.5 Å². The predicted octanol–water partition coefficient (Wildman–Crippen LogP) is 1.02. The molecule has 19 heavy (non-hydrogen) atoms. The third kappa shape index (κ3) is 4.17. The number of rotatable bonds is 6. The van der Waals surface area contributed by atoms with Gasteiger partial charge in [-0.25, -0.2) is 0 Å². The molecule has 4 N–H and O–H groups in total. The minimum Gasteiger partial charge on any atom is -0.382 e. The average molecular weight is 258 g/mol. The largest absolute Gasteiger partial charge is 0.382 e. The van der Waals surface area contributed by atoms with Crippen LogP contribution >= 0.6 is 0 Å². The number of nitrogens with two attached hydrogens (primary N) is 1. The summed E-state index contributed by atoms with van der Waals surface area (Å²) >= 11 is 0. The first kappa shape index (κ1) is 13.7. The van der Waals surface area contributed by atoms with E-state index in [2.05, 4.69) is 0 Å². The molecule has 0 fully saturated rings. The summed E-state index contributed by atoms with van der Waals surface area (Å²) in [5, 5.41) is 21.9. The van der Waals surface area contributed by atoms with Crippen molar-refractivity contribution in [3.05, 3.63) is 71.8 Å². The molecule has 0 aliphatic heterocycles. The monoisotopic (exact) mass is 258 g/mol. The maximum atomic E-state index is 9.99. The second kappa shape index (κ2) is 7.04. The van der Waals surface area contributed by atoms with Crippen molar-refractivity contribution in [3.8, 4) is 0 Å². The van der Waals surface area contributed by atoms with Crippen LogP contribution in [-0.2, 0) is 0 Å². The first-order valence-corrected chi connectivity index (χ1v) is 6.55. The van der Waals surface area contributed by atoms with Crippen molar-refractivity contribution in [3.63, 3.8) is 0 Å². The highest BCUT2D eigenvalue weighted by Gasteiger charge is 2.12. The van der Waals surface area contributed by atoms with Gasteiger partial charge in [0.15, 0.2) is 0 Å². The van der Waals surface area contributed by atoms with Gasteiger partial charge in [0, 0.05) is 0 Å². The van der Waals surface area contributed by atoms with Crippen molar-refractivity contribution in [2.75, 3.05) is 13.1 Å². The fourth-order valence-corrected chi connectivity index (χ4v) is 2.03. The number of aliphatic hydroxyl groups is 2. The molecule has 2 rings (SSSR count). The Morgan fingerprint density at radius 2 is 1.05 bits per heavy atom.